The minimum Gasteiger partial charge on any atom is -0.387 e. The van der Waals surface area contributed by atoms with Crippen molar-refractivity contribution in [2.24, 2.45) is 7.05 Å². The Kier molecular flexibility index (Phi) is 4.20. The van der Waals surface area contributed by atoms with Gasteiger partial charge in [0, 0.05) is 36.3 Å². The molecule has 7 nitrogen and oxygen atoms in total. The van der Waals surface area contributed by atoms with Crippen LogP contribution < -0.4 is 4.72 Å². The number of hydrogen-bond donors (Lipinski definition) is 2. The van der Waals surface area contributed by atoms with Crippen molar-refractivity contribution in [3.05, 3.63) is 47.5 Å². The van der Waals surface area contributed by atoms with Gasteiger partial charge in [0.1, 0.15) is 10.6 Å². The van der Waals surface area contributed by atoms with Crippen molar-refractivity contribution in [1.29, 1.82) is 0 Å². The summed E-state index contributed by atoms with van der Waals surface area (Å²) >= 11 is 0. The molecule has 24 heavy (non-hydrogen) atoms. The van der Waals surface area contributed by atoms with E-state index in [2.05, 4.69) is 9.88 Å². The summed E-state index contributed by atoms with van der Waals surface area (Å²) in [5.74, 6) is 0.222. The van der Waals surface area contributed by atoms with Gasteiger partial charge >= 0.3 is 0 Å². The fourth-order valence-electron chi connectivity index (χ4n) is 2.87. The number of para-hydroxylation sites is 1. The van der Waals surface area contributed by atoms with E-state index in [0.717, 1.165) is 10.9 Å². The predicted octanol–water partition coefficient (Wildman–Crippen LogP) is 1.80. The molecule has 0 saturated carbocycles. The van der Waals surface area contributed by atoms with Crippen LogP contribution in [0.3, 0.4) is 0 Å². The molecule has 1 aromatic carbocycles. The SMILES string of the molecule is Cc1noc(C)c1S(=O)(=O)NC[C@@H](O)c1cn(C)c2ccccc12. The largest absolute Gasteiger partial charge is 0.387 e. The van der Waals surface area contributed by atoms with Gasteiger partial charge in [0.05, 0.1) is 6.10 Å². The number of aliphatic hydroxyl groups is 1. The van der Waals surface area contributed by atoms with Crippen molar-refractivity contribution in [1.82, 2.24) is 14.4 Å². The molecule has 0 aliphatic carbocycles. The van der Waals surface area contributed by atoms with Crippen LogP contribution in [0.15, 0.2) is 39.9 Å². The average molecular weight is 349 g/mol. The number of benzene rings is 1. The number of aliphatic hydroxyl groups excluding tert-OH is 1. The number of nitrogens with zero attached hydrogens (tertiary/aromatic N) is 2. The number of hydrogen-bond acceptors (Lipinski definition) is 5. The number of nitrogens with one attached hydrogen (secondary N) is 1. The molecule has 2 heterocycles. The van der Waals surface area contributed by atoms with Gasteiger partial charge in [-0.25, -0.2) is 13.1 Å². The molecule has 0 saturated heterocycles. The fraction of sp³-hybridized carbons (Fsp3) is 0.312. The van der Waals surface area contributed by atoms with E-state index in [9.17, 15) is 13.5 Å². The Balaban J connectivity index is 1.84. The normalized spacial score (nSPS) is 13.5. The van der Waals surface area contributed by atoms with Crippen molar-refractivity contribution < 1.29 is 18.0 Å². The van der Waals surface area contributed by atoms with Crippen LogP contribution in [-0.4, -0.2) is 29.8 Å². The third kappa shape index (κ3) is 2.83. The lowest BCUT2D eigenvalue weighted by molar-refractivity contribution is 0.183. The van der Waals surface area contributed by atoms with Crippen LogP contribution in [0.4, 0.5) is 0 Å². The van der Waals surface area contributed by atoms with Gasteiger partial charge in [-0.05, 0) is 19.9 Å². The van der Waals surface area contributed by atoms with Crippen LogP contribution in [0.25, 0.3) is 10.9 Å². The highest BCUT2D eigenvalue weighted by molar-refractivity contribution is 7.89. The molecule has 128 valence electrons. The van der Waals surface area contributed by atoms with Gasteiger partial charge in [-0.2, -0.15) is 0 Å². The van der Waals surface area contributed by atoms with Crippen molar-refractivity contribution in [3.63, 3.8) is 0 Å². The maximum atomic E-state index is 12.4. The molecule has 0 radical (unpaired) electrons. The number of aromatic nitrogens is 2. The molecule has 0 fully saturated rings. The molecule has 1 atom stereocenters. The lowest BCUT2D eigenvalue weighted by Gasteiger charge is -2.11. The fourth-order valence-corrected chi connectivity index (χ4v) is 4.23. The number of fused-ring (bicyclic) bond motifs is 1. The third-order valence-electron chi connectivity index (χ3n) is 3.99. The summed E-state index contributed by atoms with van der Waals surface area (Å²) in [4.78, 5) is 0.0209. The van der Waals surface area contributed by atoms with E-state index in [1.165, 1.54) is 6.92 Å². The quantitative estimate of drug-likeness (QED) is 0.732. The lowest BCUT2D eigenvalue weighted by atomic mass is 10.1. The second-order valence-corrected chi connectivity index (χ2v) is 7.44. The van der Waals surface area contributed by atoms with Crippen molar-refractivity contribution in [2.75, 3.05) is 6.54 Å². The molecule has 2 N–H and O–H groups in total. The second kappa shape index (κ2) is 6.04. The summed E-state index contributed by atoms with van der Waals surface area (Å²) in [7, 11) is -1.92. The number of aryl methyl sites for hydroxylation is 3. The summed E-state index contributed by atoms with van der Waals surface area (Å²) in [6, 6.07) is 7.64. The van der Waals surface area contributed by atoms with E-state index in [-0.39, 0.29) is 17.2 Å². The van der Waals surface area contributed by atoms with E-state index in [4.69, 9.17) is 4.52 Å². The zero-order valence-electron chi connectivity index (χ0n) is 13.6. The van der Waals surface area contributed by atoms with Crippen LogP contribution >= 0.6 is 0 Å². The highest BCUT2D eigenvalue weighted by atomic mass is 32.2. The summed E-state index contributed by atoms with van der Waals surface area (Å²) in [6.45, 7) is 2.96. The van der Waals surface area contributed by atoms with E-state index in [1.54, 1.807) is 13.1 Å². The van der Waals surface area contributed by atoms with E-state index < -0.39 is 16.1 Å². The first-order chi connectivity index (χ1) is 11.3. The Morgan fingerprint density at radius 2 is 2.04 bits per heavy atom. The molecule has 0 aliphatic rings. The molecular weight excluding hydrogens is 330 g/mol. The van der Waals surface area contributed by atoms with E-state index in [0.29, 0.717) is 11.3 Å². The van der Waals surface area contributed by atoms with Crippen LogP contribution in [-0.2, 0) is 17.1 Å². The summed E-state index contributed by atoms with van der Waals surface area (Å²) < 4.78 is 34.1. The molecule has 0 aliphatic heterocycles. The highest BCUT2D eigenvalue weighted by Gasteiger charge is 2.25. The van der Waals surface area contributed by atoms with E-state index >= 15 is 0 Å². The summed E-state index contributed by atoms with van der Waals surface area (Å²) in [5, 5.41) is 15.0. The number of sulfonamides is 1. The second-order valence-electron chi connectivity index (χ2n) is 5.73. The topological polar surface area (TPSA) is 97.4 Å². The van der Waals surface area contributed by atoms with Crippen LogP contribution in [0.2, 0.25) is 0 Å². The first kappa shape index (κ1) is 16.7. The van der Waals surface area contributed by atoms with Gasteiger partial charge in [-0.15, -0.1) is 0 Å². The Bertz CT molecular complexity index is 969. The zero-order chi connectivity index (χ0) is 17.5. The Labute approximate surface area is 139 Å². The summed E-state index contributed by atoms with van der Waals surface area (Å²) in [5.41, 5.74) is 1.94. The molecule has 3 aromatic rings. The third-order valence-corrected chi connectivity index (χ3v) is 5.66. The van der Waals surface area contributed by atoms with E-state index in [1.807, 2.05) is 35.9 Å². The van der Waals surface area contributed by atoms with Gasteiger partial charge < -0.3 is 14.2 Å². The van der Waals surface area contributed by atoms with Crippen molar-refractivity contribution in [2.45, 2.75) is 24.8 Å². The molecular formula is C16H19N3O4S. The molecule has 2 aromatic heterocycles. The minimum absolute atomic E-state index is 0.0209. The van der Waals surface area contributed by atoms with Gasteiger partial charge in [-0.1, -0.05) is 23.4 Å². The lowest BCUT2D eigenvalue weighted by Crippen LogP contribution is -2.29. The molecule has 0 spiro atoms. The molecule has 8 heteroatoms. The van der Waals surface area contributed by atoms with Crippen LogP contribution in [0, 0.1) is 13.8 Å². The predicted molar refractivity (Wildman–Crippen MR) is 89.0 cm³/mol. The maximum Gasteiger partial charge on any atom is 0.246 e. The van der Waals surface area contributed by atoms with Crippen LogP contribution in [0.5, 0.6) is 0 Å². The van der Waals surface area contributed by atoms with Gasteiger partial charge in [-0.3, -0.25) is 0 Å². The average Bonchev–Trinajstić information content (AvgIpc) is 3.06. The monoisotopic (exact) mass is 349 g/mol. The Morgan fingerprint density at radius 3 is 2.71 bits per heavy atom. The standard InChI is InChI=1S/C16H19N3O4S/c1-10-16(11(2)23-18-10)24(21,22)17-8-15(20)13-9-19(3)14-7-5-4-6-12(13)14/h4-7,9,15,17,20H,8H2,1-3H3/t15-/m1/s1. The zero-order valence-corrected chi connectivity index (χ0v) is 14.5. The Hall–Kier alpha value is -2.16. The molecule has 0 unspecified atom stereocenters. The van der Waals surface area contributed by atoms with Gasteiger partial charge in [0.2, 0.25) is 10.0 Å². The molecule has 0 amide bonds. The minimum atomic E-state index is -3.80. The van der Waals surface area contributed by atoms with Gasteiger partial charge in [0.25, 0.3) is 0 Å². The molecule has 0 bridgehead atoms. The van der Waals surface area contributed by atoms with Crippen molar-refractivity contribution >= 4 is 20.9 Å². The smallest absolute Gasteiger partial charge is 0.246 e. The van der Waals surface area contributed by atoms with Crippen molar-refractivity contribution in [3.8, 4) is 0 Å². The number of rotatable bonds is 5. The Morgan fingerprint density at radius 1 is 1.33 bits per heavy atom. The highest BCUT2D eigenvalue weighted by Crippen LogP contribution is 2.26. The first-order valence-corrected chi connectivity index (χ1v) is 8.94. The first-order valence-electron chi connectivity index (χ1n) is 7.46. The summed E-state index contributed by atoms with van der Waals surface area (Å²) in [6.07, 6.45) is 0.839. The van der Waals surface area contributed by atoms with Gasteiger partial charge in [0.15, 0.2) is 5.76 Å². The maximum absolute atomic E-state index is 12.4. The van der Waals surface area contributed by atoms with Crippen LogP contribution in [0.1, 0.15) is 23.1 Å². The molecule has 3 rings (SSSR count).